The summed E-state index contributed by atoms with van der Waals surface area (Å²) in [6.07, 6.45) is 4.49. The van der Waals surface area contributed by atoms with Crippen LogP contribution in [-0.4, -0.2) is 0 Å². The van der Waals surface area contributed by atoms with Crippen LogP contribution in [0.3, 0.4) is 0 Å². The van der Waals surface area contributed by atoms with Gasteiger partial charge in [0.15, 0.2) is 23.5 Å². The van der Waals surface area contributed by atoms with E-state index in [9.17, 15) is 0 Å². The molecule has 0 saturated heterocycles. The van der Waals surface area contributed by atoms with Crippen LogP contribution in [0.25, 0.3) is 22.5 Å². The number of hydrogen-bond acceptors (Lipinski definition) is 1. The van der Waals surface area contributed by atoms with Crippen LogP contribution in [0, 0.1) is 20.8 Å². The first-order valence-electron chi connectivity index (χ1n) is 10.1. The quantitative estimate of drug-likeness (QED) is 0.355. The van der Waals surface area contributed by atoms with Gasteiger partial charge >= 0.3 is 5.66 Å². The monoisotopic (exact) mass is 376 g/mol. The molecule has 29 heavy (non-hydrogen) atoms. The van der Waals surface area contributed by atoms with E-state index in [1.54, 1.807) is 0 Å². The zero-order chi connectivity index (χ0) is 19.5. The molecule has 0 fully saturated rings. The summed E-state index contributed by atoms with van der Waals surface area (Å²) >= 11 is 0. The largest absolute Gasteiger partial charge is 0.456 e. The highest BCUT2D eigenvalue weighted by Crippen LogP contribution is 2.57. The minimum Gasteiger partial charge on any atom is -0.456 e. The van der Waals surface area contributed by atoms with Gasteiger partial charge in [-0.25, -0.2) is 0 Å². The van der Waals surface area contributed by atoms with E-state index in [1.807, 2.05) is 0 Å². The molecule has 1 atom stereocenters. The zero-order valence-electron chi connectivity index (χ0n) is 16.7. The van der Waals surface area contributed by atoms with Crippen LogP contribution in [0.2, 0.25) is 0 Å². The fraction of sp³-hybridized carbons (Fsp3) is 0.154. The van der Waals surface area contributed by atoms with Crippen LogP contribution in [0.1, 0.15) is 27.8 Å². The molecule has 2 aromatic carbocycles. The number of fused-ring (bicyclic) bond motifs is 4. The number of aromatic nitrogens is 2. The van der Waals surface area contributed by atoms with Gasteiger partial charge in [0.05, 0.1) is 11.1 Å². The van der Waals surface area contributed by atoms with Crippen molar-refractivity contribution in [3.63, 3.8) is 0 Å². The molecular formula is C26H20N2O+2. The first-order valence-corrected chi connectivity index (χ1v) is 10.1. The van der Waals surface area contributed by atoms with Crippen LogP contribution >= 0.6 is 0 Å². The van der Waals surface area contributed by atoms with Gasteiger partial charge < -0.3 is 4.74 Å². The predicted molar refractivity (Wildman–Crippen MR) is 110 cm³/mol. The summed E-state index contributed by atoms with van der Waals surface area (Å²) in [5, 5.41) is 0. The third-order valence-electron chi connectivity index (χ3n) is 6.66. The van der Waals surface area contributed by atoms with Gasteiger partial charge in [0.1, 0.15) is 11.5 Å². The van der Waals surface area contributed by atoms with E-state index in [4.69, 9.17) is 4.74 Å². The summed E-state index contributed by atoms with van der Waals surface area (Å²) in [4.78, 5) is 0. The lowest BCUT2D eigenvalue weighted by Gasteiger charge is -2.25. The molecule has 0 amide bonds. The number of rotatable bonds is 0. The molecule has 0 N–H and O–H groups in total. The highest BCUT2D eigenvalue weighted by Gasteiger charge is 2.70. The van der Waals surface area contributed by atoms with Crippen molar-refractivity contribution < 1.29 is 13.9 Å². The summed E-state index contributed by atoms with van der Waals surface area (Å²) in [6, 6.07) is 20.0. The molecule has 7 rings (SSSR count). The zero-order valence-corrected chi connectivity index (χ0v) is 16.7. The number of aryl methyl sites for hydroxylation is 3. The van der Waals surface area contributed by atoms with Crippen LogP contribution in [0.4, 0.5) is 0 Å². The van der Waals surface area contributed by atoms with Crippen molar-refractivity contribution in [1.29, 1.82) is 0 Å². The van der Waals surface area contributed by atoms with Crippen molar-refractivity contribution in [1.82, 2.24) is 0 Å². The Morgan fingerprint density at radius 3 is 2.03 bits per heavy atom. The molecule has 0 radical (unpaired) electrons. The Morgan fingerprint density at radius 1 is 0.655 bits per heavy atom. The predicted octanol–water partition coefficient (Wildman–Crippen LogP) is 4.55. The average molecular weight is 376 g/mol. The van der Waals surface area contributed by atoms with Crippen molar-refractivity contribution in [2.45, 2.75) is 26.4 Å². The molecule has 3 aliphatic heterocycles. The summed E-state index contributed by atoms with van der Waals surface area (Å²) in [6.45, 7) is 6.47. The molecule has 0 saturated carbocycles. The Kier molecular flexibility index (Phi) is 2.53. The minimum absolute atomic E-state index is 0.436. The van der Waals surface area contributed by atoms with Gasteiger partial charge in [0.25, 0.3) is 0 Å². The molecule has 138 valence electrons. The van der Waals surface area contributed by atoms with Crippen LogP contribution in [-0.2, 0) is 5.66 Å². The Labute approximate surface area is 169 Å². The number of benzene rings is 2. The maximum atomic E-state index is 6.53. The molecule has 5 heterocycles. The lowest BCUT2D eigenvalue weighted by atomic mass is 9.86. The third kappa shape index (κ3) is 1.59. The minimum atomic E-state index is -0.436. The van der Waals surface area contributed by atoms with E-state index < -0.39 is 5.66 Å². The summed E-state index contributed by atoms with van der Waals surface area (Å²) in [5.74, 6) is 1.92. The van der Waals surface area contributed by atoms with Crippen molar-refractivity contribution >= 4 is 0 Å². The van der Waals surface area contributed by atoms with Crippen LogP contribution in [0.5, 0.6) is 11.5 Å². The van der Waals surface area contributed by atoms with Crippen molar-refractivity contribution in [3.8, 4) is 34.0 Å². The average Bonchev–Trinajstić information content (AvgIpc) is 3.15. The Balaban J connectivity index is 1.78. The Hall–Kier alpha value is -3.46. The highest BCUT2D eigenvalue weighted by molar-refractivity contribution is 5.80. The lowest BCUT2D eigenvalue weighted by Crippen LogP contribution is -2.71. The normalized spacial score (nSPS) is 18.6. The topological polar surface area (TPSA) is 17.0 Å². The van der Waals surface area contributed by atoms with E-state index in [1.165, 1.54) is 50.3 Å². The van der Waals surface area contributed by atoms with Crippen LogP contribution in [0.15, 0.2) is 67.0 Å². The van der Waals surface area contributed by atoms with Gasteiger partial charge in [-0.3, -0.25) is 0 Å². The van der Waals surface area contributed by atoms with Crippen LogP contribution < -0.4 is 13.9 Å². The fourth-order valence-electron chi connectivity index (χ4n) is 5.62. The molecule has 2 aromatic heterocycles. The summed E-state index contributed by atoms with van der Waals surface area (Å²) < 4.78 is 11.4. The SMILES string of the molecule is Cc1cc2c3c(c1)-c1cc(C)cc[n+]1C31c3c(cccc3-c3cc(C)cc[n+]31)O2. The highest BCUT2D eigenvalue weighted by atomic mass is 16.5. The van der Waals surface area contributed by atoms with Gasteiger partial charge in [0, 0.05) is 24.3 Å². The molecule has 0 aliphatic carbocycles. The van der Waals surface area contributed by atoms with E-state index >= 15 is 0 Å². The first kappa shape index (κ1) is 15.5. The van der Waals surface area contributed by atoms with E-state index in [-0.39, 0.29) is 0 Å². The molecule has 3 nitrogen and oxygen atoms in total. The molecular weight excluding hydrogens is 356 g/mol. The van der Waals surface area contributed by atoms with Crippen molar-refractivity contribution in [2.75, 3.05) is 0 Å². The lowest BCUT2D eigenvalue weighted by molar-refractivity contribution is -0.955. The molecule has 0 bridgehead atoms. The summed E-state index contributed by atoms with van der Waals surface area (Å²) in [5.41, 5.74) is 10.8. The fourth-order valence-corrected chi connectivity index (χ4v) is 5.62. The second-order valence-electron chi connectivity index (χ2n) is 8.56. The molecule has 1 unspecified atom stereocenters. The second-order valence-corrected chi connectivity index (χ2v) is 8.56. The van der Waals surface area contributed by atoms with Gasteiger partial charge in [-0.15, -0.1) is 9.13 Å². The molecule has 3 heteroatoms. The van der Waals surface area contributed by atoms with Crippen molar-refractivity contribution in [2.24, 2.45) is 0 Å². The maximum absolute atomic E-state index is 6.53. The number of nitrogens with zero attached hydrogens (tertiary/aromatic N) is 2. The van der Waals surface area contributed by atoms with Gasteiger partial charge in [-0.2, -0.15) is 0 Å². The number of ether oxygens (including phenoxy) is 1. The maximum Gasteiger partial charge on any atom is 0.424 e. The first-order chi connectivity index (χ1) is 14.1. The van der Waals surface area contributed by atoms with Crippen molar-refractivity contribution in [3.05, 3.63) is 94.8 Å². The van der Waals surface area contributed by atoms with Gasteiger partial charge in [-0.1, -0.05) is 6.07 Å². The Bertz CT molecular complexity index is 1420. The van der Waals surface area contributed by atoms with E-state index in [0.717, 1.165) is 11.5 Å². The Morgan fingerprint density at radius 2 is 1.31 bits per heavy atom. The summed E-state index contributed by atoms with van der Waals surface area (Å²) in [7, 11) is 0. The third-order valence-corrected chi connectivity index (χ3v) is 6.66. The number of pyridine rings is 2. The molecule has 1 spiro atoms. The van der Waals surface area contributed by atoms with E-state index in [2.05, 4.69) is 96.9 Å². The smallest absolute Gasteiger partial charge is 0.424 e. The van der Waals surface area contributed by atoms with Gasteiger partial charge in [-0.05, 0) is 61.7 Å². The number of hydrogen-bond donors (Lipinski definition) is 0. The molecule has 3 aliphatic rings. The standard InChI is InChI=1S/C26H20N2O/c1-15-7-9-27-20(12-15)18-5-4-6-22-24(18)26(27)25-19(11-17(3)14-23(25)29-22)21-13-16(2)8-10-28(21)26/h4-14H,1-3H3/q+2. The second kappa shape index (κ2) is 4.74. The van der Waals surface area contributed by atoms with E-state index in [0.29, 0.717) is 0 Å². The van der Waals surface area contributed by atoms with Gasteiger partial charge in [0.2, 0.25) is 11.4 Å². The molecule has 4 aromatic rings.